The Bertz CT molecular complexity index is 815. The molecule has 0 spiro atoms. The van der Waals surface area contributed by atoms with Gasteiger partial charge in [0.15, 0.2) is 6.10 Å². The van der Waals surface area contributed by atoms with Gasteiger partial charge in [0.2, 0.25) is 0 Å². The van der Waals surface area contributed by atoms with Crippen molar-refractivity contribution >= 4 is 23.7 Å². The summed E-state index contributed by atoms with van der Waals surface area (Å²) in [5.74, 6) is -1.83. The molecule has 29 heavy (non-hydrogen) atoms. The molecule has 0 radical (unpaired) electrons. The van der Waals surface area contributed by atoms with Gasteiger partial charge in [0.05, 0.1) is 23.3 Å². The second kappa shape index (κ2) is 9.17. The molecule has 3 rings (SSSR count). The Labute approximate surface area is 169 Å². The van der Waals surface area contributed by atoms with Crippen LogP contribution in [0.1, 0.15) is 70.1 Å². The molecule has 0 bridgehead atoms. The predicted molar refractivity (Wildman–Crippen MR) is 104 cm³/mol. The molecule has 1 aromatic rings. The van der Waals surface area contributed by atoms with Gasteiger partial charge in [-0.1, -0.05) is 19.3 Å². The van der Waals surface area contributed by atoms with Crippen LogP contribution in [-0.2, 0) is 14.3 Å². The maximum Gasteiger partial charge on any atom is 0.338 e. The van der Waals surface area contributed by atoms with E-state index in [-0.39, 0.29) is 29.0 Å². The Morgan fingerprint density at radius 1 is 1.14 bits per heavy atom. The van der Waals surface area contributed by atoms with E-state index in [2.05, 4.69) is 5.32 Å². The molecule has 1 aliphatic carbocycles. The van der Waals surface area contributed by atoms with Crippen LogP contribution in [0.4, 0.5) is 0 Å². The number of carbonyl (C=O) groups excluding carboxylic acids is 4. The first-order valence-electron chi connectivity index (χ1n) is 9.93. The molecule has 156 valence electrons. The van der Waals surface area contributed by atoms with Crippen molar-refractivity contribution in [2.45, 2.75) is 51.2 Å². The van der Waals surface area contributed by atoms with E-state index < -0.39 is 18.0 Å². The number of carbonyl (C=O) groups is 4. The van der Waals surface area contributed by atoms with Crippen molar-refractivity contribution in [3.8, 4) is 0 Å². The molecule has 1 saturated carbocycles. The van der Waals surface area contributed by atoms with E-state index in [9.17, 15) is 19.2 Å². The molecule has 0 aromatic heterocycles. The number of ether oxygens (including phenoxy) is 2. The fraction of sp³-hybridized carbons (Fsp3) is 0.524. The molecule has 1 N–H and O–H groups in total. The largest absolute Gasteiger partial charge is 0.449 e. The standard InChI is InChI=1S/C21H26N2O6/c1-13(18(24)22-10-11-28-2)29-21(27)14-8-9-16-17(12-14)20(26)23(19(16)25)15-6-4-3-5-7-15/h8-9,12-13,15H,3-7,10-11H2,1-2H3,(H,22,24)/t13-/m1/s1. The van der Waals surface area contributed by atoms with Crippen LogP contribution in [0.3, 0.4) is 0 Å². The average Bonchev–Trinajstić information content (AvgIpc) is 2.98. The van der Waals surface area contributed by atoms with Crippen LogP contribution in [0.5, 0.6) is 0 Å². The quantitative estimate of drug-likeness (QED) is 0.425. The topological polar surface area (TPSA) is 102 Å². The van der Waals surface area contributed by atoms with Crippen LogP contribution >= 0.6 is 0 Å². The van der Waals surface area contributed by atoms with E-state index in [1.165, 1.54) is 37.1 Å². The molecular weight excluding hydrogens is 376 g/mol. The van der Waals surface area contributed by atoms with E-state index in [0.717, 1.165) is 32.1 Å². The molecule has 0 unspecified atom stereocenters. The second-order valence-electron chi connectivity index (χ2n) is 7.36. The monoisotopic (exact) mass is 402 g/mol. The van der Waals surface area contributed by atoms with Gasteiger partial charge < -0.3 is 14.8 Å². The molecule has 1 aromatic carbocycles. The van der Waals surface area contributed by atoms with Crippen molar-refractivity contribution in [1.82, 2.24) is 10.2 Å². The lowest BCUT2D eigenvalue weighted by atomic mass is 9.94. The van der Waals surface area contributed by atoms with E-state index in [1.807, 2.05) is 0 Å². The maximum atomic E-state index is 12.8. The van der Waals surface area contributed by atoms with E-state index in [4.69, 9.17) is 9.47 Å². The fourth-order valence-corrected chi connectivity index (χ4v) is 3.76. The average molecular weight is 402 g/mol. The van der Waals surface area contributed by atoms with Crippen molar-refractivity contribution in [1.29, 1.82) is 0 Å². The normalized spacial score (nSPS) is 17.8. The van der Waals surface area contributed by atoms with Gasteiger partial charge in [0.1, 0.15) is 0 Å². The third-order valence-electron chi connectivity index (χ3n) is 5.35. The maximum absolute atomic E-state index is 12.8. The number of amides is 3. The Hall–Kier alpha value is -2.74. The number of nitrogens with one attached hydrogen (secondary N) is 1. The molecule has 1 aliphatic heterocycles. The van der Waals surface area contributed by atoms with E-state index in [0.29, 0.717) is 18.7 Å². The first-order valence-corrected chi connectivity index (χ1v) is 9.93. The Morgan fingerprint density at radius 3 is 2.52 bits per heavy atom. The number of hydrogen-bond acceptors (Lipinski definition) is 6. The van der Waals surface area contributed by atoms with Gasteiger partial charge in [0, 0.05) is 19.7 Å². The smallest absolute Gasteiger partial charge is 0.338 e. The highest BCUT2D eigenvalue weighted by Crippen LogP contribution is 2.31. The van der Waals surface area contributed by atoms with Crippen LogP contribution in [0.2, 0.25) is 0 Å². The summed E-state index contributed by atoms with van der Waals surface area (Å²) in [6, 6.07) is 4.24. The van der Waals surface area contributed by atoms with Crippen molar-refractivity contribution in [3.05, 3.63) is 34.9 Å². The molecule has 1 fully saturated rings. The Balaban J connectivity index is 1.69. The number of imide groups is 1. The summed E-state index contributed by atoms with van der Waals surface area (Å²) in [6.45, 7) is 2.13. The van der Waals surface area contributed by atoms with Crippen LogP contribution in [0, 0.1) is 0 Å². The van der Waals surface area contributed by atoms with Crippen molar-refractivity contribution in [2.24, 2.45) is 0 Å². The van der Waals surface area contributed by atoms with Crippen molar-refractivity contribution < 1.29 is 28.7 Å². The molecule has 8 heteroatoms. The Kier molecular flexibility index (Phi) is 6.64. The zero-order valence-corrected chi connectivity index (χ0v) is 16.7. The number of fused-ring (bicyclic) bond motifs is 1. The lowest BCUT2D eigenvalue weighted by molar-refractivity contribution is -0.129. The van der Waals surface area contributed by atoms with Crippen LogP contribution < -0.4 is 5.32 Å². The van der Waals surface area contributed by atoms with E-state index >= 15 is 0 Å². The lowest BCUT2D eigenvalue weighted by Crippen LogP contribution is -2.40. The highest BCUT2D eigenvalue weighted by Gasteiger charge is 2.40. The predicted octanol–water partition coefficient (Wildman–Crippen LogP) is 1.92. The van der Waals surface area contributed by atoms with Crippen LogP contribution in [-0.4, -0.2) is 61.0 Å². The number of rotatable bonds is 7. The van der Waals surface area contributed by atoms with Crippen LogP contribution in [0.25, 0.3) is 0 Å². The third-order valence-corrected chi connectivity index (χ3v) is 5.35. The number of nitrogens with zero attached hydrogens (tertiary/aromatic N) is 1. The number of esters is 1. The molecule has 8 nitrogen and oxygen atoms in total. The van der Waals surface area contributed by atoms with E-state index in [1.54, 1.807) is 0 Å². The Morgan fingerprint density at radius 2 is 1.83 bits per heavy atom. The van der Waals surface area contributed by atoms with Gasteiger partial charge in [-0.05, 0) is 38.0 Å². The fourth-order valence-electron chi connectivity index (χ4n) is 3.76. The molecular formula is C21H26N2O6. The highest BCUT2D eigenvalue weighted by atomic mass is 16.5. The summed E-state index contributed by atoms with van der Waals surface area (Å²) in [6.07, 6.45) is 3.75. The van der Waals surface area contributed by atoms with Crippen molar-refractivity contribution in [3.63, 3.8) is 0 Å². The minimum absolute atomic E-state index is 0.0811. The molecule has 1 heterocycles. The van der Waals surface area contributed by atoms with Gasteiger partial charge in [0.25, 0.3) is 17.7 Å². The first kappa shape index (κ1) is 21.0. The summed E-state index contributed by atoms with van der Waals surface area (Å²) in [4.78, 5) is 51.2. The molecule has 2 aliphatic rings. The number of methoxy groups -OCH3 is 1. The first-order chi connectivity index (χ1) is 13.9. The van der Waals surface area contributed by atoms with Crippen LogP contribution in [0.15, 0.2) is 18.2 Å². The second-order valence-corrected chi connectivity index (χ2v) is 7.36. The van der Waals surface area contributed by atoms with Gasteiger partial charge in [-0.25, -0.2) is 4.79 Å². The summed E-state index contributed by atoms with van der Waals surface area (Å²) in [5, 5.41) is 2.59. The summed E-state index contributed by atoms with van der Waals surface area (Å²) < 4.78 is 10.0. The SMILES string of the molecule is COCCNC(=O)[C@@H](C)OC(=O)c1ccc2c(c1)C(=O)N(C1CCCCC1)C2=O. The molecule has 3 amide bonds. The van der Waals surface area contributed by atoms with Gasteiger partial charge in [-0.2, -0.15) is 0 Å². The van der Waals surface area contributed by atoms with Gasteiger partial charge >= 0.3 is 5.97 Å². The third kappa shape index (κ3) is 4.48. The molecule has 1 atom stereocenters. The number of hydrogen-bond donors (Lipinski definition) is 1. The lowest BCUT2D eigenvalue weighted by Gasteiger charge is -2.29. The van der Waals surface area contributed by atoms with Gasteiger partial charge in [-0.3, -0.25) is 19.3 Å². The van der Waals surface area contributed by atoms with Crippen molar-refractivity contribution in [2.75, 3.05) is 20.3 Å². The highest BCUT2D eigenvalue weighted by molar-refractivity contribution is 6.22. The molecule has 0 saturated heterocycles. The zero-order valence-electron chi connectivity index (χ0n) is 16.7. The van der Waals surface area contributed by atoms with Gasteiger partial charge in [-0.15, -0.1) is 0 Å². The summed E-state index contributed by atoms with van der Waals surface area (Å²) in [5.41, 5.74) is 0.654. The minimum atomic E-state index is -0.997. The zero-order chi connectivity index (χ0) is 21.0. The summed E-state index contributed by atoms with van der Waals surface area (Å²) >= 11 is 0. The summed E-state index contributed by atoms with van der Waals surface area (Å²) in [7, 11) is 1.52. The minimum Gasteiger partial charge on any atom is -0.449 e. The number of benzene rings is 1.